The van der Waals surface area contributed by atoms with Gasteiger partial charge in [0.1, 0.15) is 12.6 Å². The molecule has 1 saturated heterocycles. The van der Waals surface area contributed by atoms with E-state index in [2.05, 4.69) is 6.58 Å². The fraction of sp³-hybridized carbons (Fsp3) is 0.0909. The van der Waals surface area contributed by atoms with Gasteiger partial charge in [0, 0.05) is 5.57 Å². The minimum atomic E-state index is -0.634. The number of carbonyl (C=O) groups excluding carboxylic acids is 2. The number of hydrogen-bond donors (Lipinski definition) is 0. The standard InChI is InChI=1S/C22H17NO3/c1-15(18-13-7-11-16-8-5-6-12-19(16)18)21(24)23-20(14-26-22(23)25)17-9-3-2-4-10-17/h2-13,20H,1,14H2/t20-/m1/s1. The first-order chi connectivity index (χ1) is 12.7. The first-order valence-corrected chi connectivity index (χ1v) is 8.39. The van der Waals surface area contributed by atoms with Gasteiger partial charge >= 0.3 is 6.09 Å². The molecule has 4 rings (SSSR count). The van der Waals surface area contributed by atoms with Gasteiger partial charge in [-0.15, -0.1) is 0 Å². The Morgan fingerprint density at radius 1 is 0.962 bits per heavy atom. The Hall–Kier alpha value is -3.40. The van der Waals surface area contributed by atoms with Crippen molar-refractivity contribution in [2.75, 3.05) is 6.61 Å². The lowest BCUT2D eigenvalue weighted by atomic mass is 9.97. The third kappa shape index (κ3) is 2.65. The maximum atomic E-state index is 13.1. The summed E-state index contributed by atoms with van der Waals surface area (Å²) in [6.45, 7) is 4.13. The number of amides is 2. The van der Waals surface area contributed by atoms with E-state index in [0.717, 1.165) is 21.9 Å². The molecule has 1 fully saturated rings. The lowest BCUT2D eigenvalue weighted by molar-refractivity contribution is -0.123. The number of imide groups is 1. The first-order valence-electron chi connectivity index (χ1n) is 8.39. The van der Waals surface area contributed by atoms with Gasteiger partial charge in [0.25, 0.3) is 5.91 Å². The van der Waals surface area contributed by atoms with Gasteiger partial charge in [-0.05, 0) is 21.9 Å². The van der Waals surface area contributed by atoms with Crippen LogP contribution in [0.15, 0.2) is 79.4 Å². The van der Waals surface area contributed by atoms with Gasteiger partial charge in [0.05, 0.1) is 0 Å². The summed E-state index contributed by atoms with van der Waals surface area (Å²) in [5.74, 6) is -0.433. The number of carbonyl (C=O) groups is 2. The molecule has 1 aliphatic heterocycles. The van der Waals surface area contributed by atoms with Crippen LogP contribution in [0.25, 0.3) is 16.3 Å². The average molecular weight is 343 g/mol. The molecule has 0 radical (unpaired) electrons. The predicted molar refractivity (Wildman–Crippen MR) is 100 cm³/mol. The van der Waals surface area contributed by atoms with Gasteiger partial charge in [-0.2, -0.15) is 0 Å². The molecule has 4 heteroatoms. The van der Waals surface area contributed by atoms with Crippen LogP contribution >= 0.6 is 0 Å². The van der Waals surface area contributed by atoms with Crippen LogP contribution in [0.1, 0.15) is 17.2 Å². The molecule has 0 aromatic heterocycles. The van der Waals surface area contributed by atoms with Crippen molar-refractivity contribution in [1.29, 1.82) is 0 Å². The molecule has 1 aliphatic rings. The zero-order valence-electron chi connectivity index (χ0n) is 14.1. The molecule has 1 atom stereocenters. The number of cyclic esters (lactones) is 1. The highest BCUT2D eigenvalue weighted by atomic mass is 16.6. The number of hydrogen-bond acceptors (Lipinski definition) is 3. The van der Waals surface area contributed by atoms with Crippen LogP contribution in [0.4, 0.5) is 4.79 Å². The SMILES string of the molecule is C=C(C(=O)N1C(=O)OC[C@@H]1c1ccccc1)c1cccc2ccccc12. The predicted octanol–water partition coefficient (Wildman–Crippen LogP) is 4.57. The summed E-state index contributed by atoms with van der Waals surface area (Å²) in [7, 11) is 0. The Labute approximate surface area is 151 Å². The summed E-state index contributed by atoms with van der Waals surface area (Å²) in [5, 5.41) is 1.94. The maximum absolute atomic E-state index is 13.1. The number of rotatable bonds is 3. The highest BCUT2D eigenvalue weighted by Gasteiger charge is 2.40. The first kappa shape index (κ1) is 16.1. The van der Waals surface area contributed by atoms with Crippen molar-refractivity contribution in [1.82, 2.24) is 4.90 Å². The molecule has 0 bridgehead atoms. The summed E-state index contributed by atoms with van der Waals surface area (Å²) >= 11 is 0. The van der Waals surface area contributed by atoms with Crippen LogP contribution in [-0.2, 0) is 9.53 Å². The Kier molecular flexibility index (Phi) is 4.01. The van der Waals surface area contributed by atoms with Crippen LogP contribution in [0.3, 0.4) is 0 Å². The zero-order valence-corrected chi connectivity index (χ0v) is 14.1. The van der Waals surface area contributed by atoms with Crippen molar-refractivity contribution in [2.24, 2.45) is 0 Å². The summed E-state index contributed by atoms with van der Waals surface area (Å²) in [6.07, 6.45) is -0.634. The molecule has 0 unspecified atom stereocenters. The second-order valence-corrected chi connectivity index (χ2v) is 6.18. The third-order valence-electron chi connectivity index (χ3n) is 4.65. The van der Waals surface area contributed by atoms with Crippen molar-refractivity contribution < 1.29 is 14.3 Å². The van der Waals surface area contributed by atoms with E-state index in [9.17, 15) is 9.59 Å². The third-order valence-corrected chi connectivity index (χ3v) is 4.65. The molecule has 128 valence electrons. The van der Waals surface area contributed by atoms with Crippen LogP contribution < -0.4 is 0 Å². The number of ether oxygens (including phenoxy) is 1. The molecular formula is C22H17NO3. The Morgan fingerprint density at radius 3 is 2.46 bits per heavy atom. The lowest BCUT2D eigenvalue weighted by Crippen LogP contribution is -2.34. The molecule has 3 aromatic rings. The van der Waals surface area contributed by atoms with Gasteiger partial charge < -0.3 is 4.74 Å². The molecule has 0 N–H and O–H groups in total. The van der Waals surface area contributed by atoms with E-state index in [1.165, 1.54) is 4.90 Å². The molecule has 0 saturated carbocycles. The van der Waals surface area contributed by atoms with Gasteiger partial charge in [-0.25, -0.2) is 9.69 Å². The minimum absolute atomic E-state index is 0.150. The molecular weight excluding hydrogens is 326 g/mol. The molecule has 3 aromatic carbocycles. The highest BCUT2D eigenvalue weighted by Crippen LogP contribution is 2.32. The van der Waals surface area contributed by atoms with Gasteiger partial charge in [0.15, 0.2) is 0 Å². The van der Waals surface area contributed by atoms with E-state index < -0.39 is 18.0 Å². The van der Waals surface area contributed by atoms with E-state index in [1.54, 1.807) is 0 Å². The van der Waals surface area contributed by atoms with Crippen LogP contribution in [0.2, 0.25) is 0 Å². The van der Waals surface area contributed by atoms with Crippen molar-refractivity contribution in [3.05, 3.63) is 90.5 Å². The number of nitrogens with zero attached hydrogens (tertiary/aromatic N) is 1. The number of benzene rings is 3. The second kappa shape index (κ2) is 6.48. The van der Waals surface area contributed by atoms with Crippen molar-refractivity contribution in [3.8, 4) is 0 Å². The minimum Gasteiger partial charge on any atom is -0.446 e. The van der Waals surface area contributed by atoms with E-state index in [1.807, 2.05) is 72.8 Å². The van der Waals surface area contributed by atoms with Gasteiger partial charge in [-0.3, -0.25) is 4.79 Å². The lowest BCUT2D eigenvalue weighted by Gasteiger charge is -2.21. The topological polar surface area (TPSA) is 46.6 Å². The largest absolute Gasteiger partial charge is 0.446 e. The molecule has 0 aliphatic carbocycles. The van der Waals surface area contributed by atoms with Gasteiger partial charge in [0.2, 0.25) is 0 Å². The quantitative estimate of drug-likeness (QED) is 0.654. The fourth-order valence-electron chi connectivity index (χ4n) is 3.32. The average Bonchev–Trinajstić information content (AvgIpc) is 3.08. The Balaban J connectivity index is 1.71. The van der Waals surface area contributed by atoms with Crippen molar-refractivity contribution >= 4 is 28.3 Å². The van der Waals surface area contributed by atoms with Crippen molar-refractivity contribution in [2.45, 2.75) is 6.04 Å². The second-order valence-electron chi connectivity index (χ2n) is 6.18. The summed E-state index contributed by atoms with van der Waals surface area (Å²) in [5.41, 5.74) is 1.86. The van der Waals surface area contributed by atoms with Crippen LogP contribution in [0.5, 0.6) is 0 Å². The molecule has 2 amide bonds. The maximum Gasteiger partial charge on any atom is 0.417 e. The van der Waals surface area contributed by atoms with Gasteiger partial charge in [-0.1, -0.05) is 79.4 Å². The van der Waals surface area contributed by atoms with E-state index in [-0.39, 0.29) is 12.2 Å². The smallest absolute Gasteiger partial charge is 0.417 e. The van der Waals surface area contributed by atoms with E-state index in [4.69, 9.17) is 4.74 Å². The summed E-state index contributed by atoms with van der Waals surface area (Å²) in [4.78, 5) is 26.5. The van der Waals surface area contributed by atoms with Crippen molar-refractivity contribution in [3.63, 3.8) is 0 Å². The Bertz CT molecular complexity index is 1000. The number of fused-ring (bicyclic) bond motifs is 1. The zero-order chi connectivity index (χ0) is 18.1. The molecule has 4 nitrogen and oxygen atoms in total. The van der Waals surface area contributed by atoms with Crippen LogP contribution in [-0.4, -0.2) is 23.5 Å². The van der Waals surface area contributed by atoms with E-state index >= 15 is 0 Å². The summed E-state index contributed by atoms with van der Waals surface area (Å²) < 4.78 is 5.15. The highest BCUT2D eigenvalue weighted by molar-refractivity contribution is 6.25. The fourth-order valence-corrected chi connectivity index (χ4v) is 3.32. The molecule has 1 heterocycles. The van der Waals surface area contributed by atoms with Crippen LogP contribution in [0, 0.1) is 0 Å². The molecule has 26 heavy (non-hydrogen) atoms. The normalized spacial score (nSPS) is 16.5. The summed E-state index contributed by atoms with van der Waals surface area (Å²) in [6, 6.07) is 22.5. The Morgan fingerprint density at radius 2 is 1.65 bits per heavy atom. The monoisotopic (exact) mass is 343 g/mol. The van der Waals surface area contributed by atoms with E-state index in [0.29, 0.717) is 0 Å². The molecule has 0 spiro atoms.